The van der Waals surface area contributed by atoms with Crippen LogP contribution in [0.1, 0.15) is 29.9 Å². The first kappa shape index (κ1) is 15.3. The molecular weight excluding hydrogens is 264 g/mol. The van der Waals surface area contributed by atoms with Crippen LogP contribution < -0.4 is 10.6 Å². The Morgan fingerprint density at radius 1 is 1.14 bits per heavy atom. The third kappa shape index (κ3) is 4.16. The van der Waals surface area contributed by atoms with E-state index in [1.54, 1.807) is 7.11 Å². The van der Waals surface area contributed by atoms with Crippen molar-refractivity contribution in [2.75, 3.05) is 24.8 Å². The summed E-state index contributed by atoms with van der Waals surface area (Å²) in [5.74, 6) is 2.22. The quantitative estimate of drug-likeness (QED) is 0.854. The molecule has 1 unspecified atom stereocenters. The molecule has 0 fully saturated rings. The third-order valence-corrected chi connectivity index (χ3v) is 3.24. The van der Waals surface area contributed by atoms with Crippen molar-refractivity contribution < 1.29 is 4.74 Å². The van der Waals surface area contributed by atoms with E-state index in [0.717, 1.165) is 11.6 Å². The number of hydrogen-bond acceptors (Lipinski definition) is 5. The fourth-order valence-electron chi connectivity index (χ4n) is 2.05. The topological polar surface area (TPSA) is 59.1 Å². The number of anilines is 2. The summed E-state index contributed by atoms with van der Waals surface area (Å²) in [4.78, 5) is 8.81. The third-order valence-electron chi connectivity index (χ3n) is 3.24. The van der Waals surface area contributed by atoms with E-state index in [2.05, 4.69) is 58.7 Å². The highest BCUT2D eigenvalue weighted by molar-refractivity contribution is 5.48. The van der Waals surface area contributed by atoms with Gasteiger partial charge in [0.1, 0.15) is 18.2 Å². The SMILES string of the molecule is CNc1cc(NC(C)c2ccc(C)cc2)nc(COC)n1. The molecule has 21 heavy (non-hydrogen) atoms. The van der Waals surface area contributed by atoms with Gasteiger partial charge in [0.05, 0.1) is 0 Å². The molecule has 1 aromatic heterocycles. The van der Waals surface area contributed by atoms with E-state index in [1.807, 2.05) is 13.1 Å². The molecule has 0 saturated carbocycles. The average Bonchev–Trinajstić information content (AvgIpc) is 2.48. The van der Waals surface area contributed by atoms with Crippen molar-refractivity contribution in [2.45, 2.75) is 26.5 Å². The molecule has 1 heterocycles. The first-order valence-electron chi connectivity index (χ1n) is 7.00. The Kier molecular flexibility index (Phi) is 5.11. The van der Waals surface area contributed by atoms with Crippen LogP contribution in [-0.4, -0.2) is 24.1 Å². The summed E-state index contributed by atoms with van der Waals surface area (Å²) in [5, 5.41) is 6.44. The van der Waals surface area contributed by atoms with E-state index in [-0.39, 0.29) is 6.04 Å². The number of benzene rings is 1. The minimum absolute atomic E-state index is 0.167. The van der Waals surface area contributed by atoms with Crippen LogP contribution in [-0.2, 0) is 11.3 Å². The zero-order valence-electron chi connectivity index (χ0n) is 13.0. The van der Waals surface area contributed by atoms with E-state index in [9.17, 15) is 0 Å². The molecule has 0 spiro atoms. The zero-order valence-corrected chi connectivity index (χ0v) is 13.0. The van der Waals surface area contributed by atoms with Crippen molar-refractivity contribution in [1.29, 1.82) is 0 Å². The maximum atomic E-state index is 5.10. The van der Waals surface area contributed by atoms with Gasteiger partial charge in [0.15, 0.2) is 5.82 Å². The van der Waals surface area contributed by atoms with E-state index >= 15 is 0 Å². The van der Waals surface area contributed by atoms with E-state index in [1.165, 1.54) is 11.1 Å². The number of rotatable bonds is 6. The number of nitrogens with one attached hydrogen (secondary N) is 2. The Labute approximate surface area is 125 Å². The lowest BCUT2D eigenvalue weighted by molar-refractivity contribution is 0.178. The summed E-state index contributed by atoms with van der Waals surface area (Å²) in [7, 11) is 3.48. The number of aromatic nitrogens is 2. The molecular formula is C16H22N4O. The van der Waals surface area contributed by atoms with Crippen LogP contribution in [0.2, 0.25) is 0 Å². The smallest absolute Gasteiger partial charge is 0.158 e. The van der Waals surface area contributed by atoms with Crippen molar-refractivity contribution in [2.24, 2.45) is 0 Å². The molecule has 0 aliphatic rings. The molecule has 112 valence electrons. The van der Waals surface area contributed by atoms with Crippen LogP contribution in [0.5, 0.6) is 0 Å². The molecule has 0 saturated heterocycles. The molecule has 1 atom stereocenters. The van der Waals surface area contributed by atoms with Crippen LogP contribution in [0.3, 0.4) is 0 Å². The van der Waals surface area contributed by atoms with Gasteiger partial charge in [-0.05, 0) is 19.4 Å². The molecule has 2 aromatic rings. The Morgan fingerprint density at radius 3 is 2.43 bits per heavy atom. The number of aryl methyl sites for hydroxylation is 1. The van der Waals surface area contributed by atoms with Gasteiger partial charge >= 0.3 is 0 Å². The number of ether oxygens (including phenoxy) is 1. The molecule has 0 amide bonds. The van der Waals surface area contributed by atoms with Crippen LogP contribution in [0.25, 0.3) is 0 Å². The maximum Gasteiger partial charge on any atom is 0.158 e. The van der Waals surface area contributed by atoms with Crippen molar-refractivity contribution >= 4 is 11.6 Å². The van der Waals surface area contributed by atoms with Gasteiger partial charge in [0.2, 0.25) is 0 Å². The fraction of sp³-hybridized carbons (Fsp3) is 0.375. The van der Waals surface area contributed by atoms with E-state index < -0.39 is 0 Å². The Morgan fingerprint density at radius 2 is 1.81 bits per heavy atom. The summed E-state index contributed by atoms with van der Waals surface area (Å²) in [5.41, 5.74) is 2.48. The minimum Gasteiger partial charge on any atom is -0.377 e. The van der Waals surface area contributed by atoms with Gasteiger partial charge in [-0.2, -0.15) is 0 Å². The lowest BCUT2D eigenvalue weighted by atomic mass is 10.1. The molecule has 2 N–H and O–H groups in total. The highest BCUT2D eigenvalue weighted by Crippen LogP contribution is 2.20. The van der Waals surface area contributed by atoms with E-state index in [0.29, 0.717) is 12.4 Å². The number of nitrogens with zero attached hydrogens (tertiary/aromatic N) is 2. The van der Waals surface area contributed by atoms with Crippen LogP contribution in [0.15, 0.2) is 30.3 Å². The molecule has 5 heteroatoms. The summed E-state index contributed by atoms with van der Waals surface area (Å²) in [6.07, 6.45) is 0. The molecule has 0 radical (unpaired) electrons. The van der Waals surface area contributed by atoms with Gasteiger partial charge in [-0.15, -0.1) is 0 Å². The molecule has 0 bridgehead atoms. The largest absolute Gasteiger partial charge is 0.377 e. The van der Waals surface area contributed by atoms with Crippen molar-refractivity contribution in [3.63, 3.8) is 0 Å². The Hall–Kier alpha value is -2.14. The summed E-state index contributed by atoms with van der Waals surface area (Å²) in [6, 6.07) is 10.5. The normalized spacial score (nSPS) is 12.0. The van der Waals surface area contributed by atoms with E-state index in [4.69, 9.17) is 4.74 Å². The van der Waals surface area contributed by atoms with Crippen molar-refractivity contribution in [3.05, 3.63) is 47.3 Å². The Balaban J connectivity index is 2.17. The summed E-state index contributed by atoms with van der Waals surface area (Å²) < 4.78 is 5.10. The van der Waals surface area contributed by atoms with Gasteiger partial charge in [-0.3, -0.25) is 0 Å². The molecule has 0 aliphatic carbocycles. The van der Waals surface area contributed by atoms with Gasteiger partial charge < -0.3 is 15.4 Å². The van der Waals surface area contributed by atoms with Crippen molar-refractivity contribution in [3.8, 4) is 0 Å². The van der Waals surface area contributed by atoms with Gasteiger partial charge in [0.25, 0.3) is 0 Å². The first-order chi connectivity index (χ1) is 10.1. The zero-order chi connectivity index (χ0) is 15.2. The lowest BCUT2D eigenvalue weighted by Gasteiger charge is -2.16. The molecule has 2 rings (SSSR count). The van der Waals surface area contributed by atoms with Crippen LogP contribution in [0, 0.1) is 6.92 Å². The Bertz CT molecular complexity index is 583. The second-order valence-electron chi connectivity index (χ2n) is 5.01. The maximum absolute atomic E-state index is 5.10. The van der Waals surface area contributed by atoms with Gasteiger partial charge in [-0.25, -0.2) is 9.97 Å². The second-order valence-corrected chi connectivity index (χ2v) is 5.01. The summed E-state index contributed by atoms with van der Waals surface area (Å²) >= 11 is 0. The average molecular weight is 286 g/mol. The molecule has 5 nitrogen and oxygen atoms in total. The van der Waals surface area contributed by atoms with Crippen molar-refractivity contribution in [1.82, 2.24) is 9.97 Å². The molecule has 0 aliphatic heterocycles. The molecule has 1 aromatic carbocycles. The monoisotopic (exact) mass is 286 g/mol. The summed E-state index contributed by atoms with van der Waals surface area (Å²) in [6.45, 7) is 4.59. The second kappa shape index (κ2) is 7.04. The standard InChI is InChI=1S/C16H22N4O/c1-11-5-7-13(8-6-11)12(2)18-15-9-14(17-3)19-16(20-15)10-21-4/h5-9,12H,10H2,1-4H3,(H2,17,18,19,20). The van der Waals surface area contributed by atoms with Gasteiger partial charge in [0, 0.05) is 26.3 Å². The lowest BCUT2D eigenvalue weighted by Crippen LogP contribution is -2.11. The highest BCUT2D eigenvalue weighted by Gasteiger charge is 2.09. The minimum atomic E-state index is 0.167. The number of methoxy groups -OCH3 is 1. The predicted octanol–water partition coefficient (Wildman–Crippen LogP) is 3.15. The fourth-order valence-corrected chi connectivity index (χ4v) is 2.05. The highest BCUT2D eigenvalue weighted by atomic mass is 16.5. The number of hydrogen-bond donors (Lipinski definition) is 2. The van der Waals surface area contributed by atoms with Crippen LogP contribution in [0.4, 0.5) is 11.6 Å². The van der Waals surface area contributed by atoms with Crippen LogP contribution >= 0.6 is 0 Å². The first-order valence-corrected chi connectivity index (χ1v) is 7.00. The predicted molar refractivity (Wildman–Crippen MR) is 85.5 cm³/mol. The van der Waals surface area contributed by atoms with Gasteiger partial charge in [-0.1, -0.05) is 29.8 Å².